The molecule has 1 aromatic rings. The molecule has 4 N–H and O–H groups in total. The van der Waals surface area contributed by atoms with E-state index in [1.54, 1.807) is 0 Å². The van der Waals surface area contributed by atoms with Crippen molar-refractivity contribution in [3.05, 3.63) is 47.5 Å². The van der Waals surface area contributed by atoms with Gasteiger partial charge in [0, 0.05) is 18.5 Å². The minimum Gasteiger partial charge on any atom is -0.391 e. The Morgan fingerprint density at radius 2 is 1.79 bits per heavy atom. The van der Waals surface area contributed by atoms with Crippen molar-refractivity contribution < 1.29 is 9.90 Å². The highest BCUT2D eigenvalue weighted by molar-refractivity contribution is 5.83. The summed E-state index contributed by atoms with van der Waals surface area (Å²) < 4.78 is 0. The highest BCUT2D eigenvalue weighted by Gasteiger charge is 2.19. The Labute approximate surface area is 171 Å². The Bertz CT molecular complexity index is 595. The van der Waals surface area contributed by atoms with Gasteiger partial charge in [0.2, 0.25) is 5.91 Å². The van der Waals surface area contributed by atoms with E-state index in [0.29, 0.717) is 12.5 Å². The molecule has 4 atom stereocenters. The molecule has 0 bridgehead atoms. The van der Waals surface area contributed by atoms with E-state index in [1.165, 1.54) is 5.56 Å². The summed E-state index contributed by atoms with van der Waals surface area (Å²) in [5, 5.41) is 13.2. The average molecular weight is 389 g/mol. The standard InChI is InChI=1S/C24H40N2O2/c1-6-9-18(4)23(27)22(25)10-7-8-15-26-24(28)19(5)21-13-11-20(12-14-21)16-17(2)3/h6,9,11-14,17-19,22-23,27H,7-8,10,15-16,25H2,1-5H3,(H,26,28). The molecule has 1 amide bonds. The fourth-order valence-corrected chi connectivity index (χ4v) is 3.41. The van der Waals surface area contributed by atoms with Crippen LogP contribution >= 0.6 is 0 Å². The van der Waals surface area contributed by atoms with E-state index in [9.17, 15) is 9.90 Å². The molecule has 4 heteroatoms. The second-order valence-corrected chi connectivity index (χ2v) is 8.39. The quantitative estimate of drug-likeness (QED) is 0.371. The lowest BCUT2D eigenvalue weighted by molar-refractivity contribution is -0.122. The first-order valence-corrected chi connectivity index (χ1v) is 10.7. The molecular weight excluding hydrogens is 348 g/mol. The molecule has 158 valence electrons. The Balaban J connectivity index is 2.32. The number of aliphatic hydroxyl groups is 1. The molecule has 0 radical (unpaired) electrons. The van der Waals surface area contributed by atoms with E-state index in [0.717, 1.165) is 31.2 Å². The lowest BCUT2D eigenvalue weighted by atomic mass is 9.94. The molecule has 0 saturated heterocycles. The van der Waals surface area contributed by atoms with Crippen molar-refractivity contribution in [3.8, 4) is 0 Å². The van der Waals surface area contributed by atoms with Crippen LogP contribution in [0.15, 0.2) is 36.4 Å². The molecule has 0 aromatic heterocycles. The van der Waals surface area contributed by atoms with Crippen molar-refractivity contribution >= 4 is 5.91 Å². The zero-order valence-corrected chi connectivity index (χ0v) is 18.3. The van der Waals surface area contributed by atoms with Crippen molar-refractivity contribution in [2.45, 2.75) is 78.4 Å². The number of nitrogens with two attached hydrogens (primary N) is 1. The molecule has 4 nitrogen and oxygen atoms in total. The van der Waals surface area contributed by atoms with Crippen LogP contribution in [0, 0.1) is 11.8 Å². The lowest BCUT2D eigenvalue weighted by Crippen LogP contribution is -2.38. The molecule has 0 heterocycles. The van der Waals surface area contributed by atoms with Crippen molar-refractivity contribution in [2.75, 3.05) is 6.54 Å². The third-order valence-corrected chi connectivity index (χ3v) is 5.25. The average Bonchev–Trinajstić information content (AvgIpc) is 2.66. The molecule has 1 aromatic carbocycles. The minimum atomic E-state index is -0.524. The summed E-state index contributed by atoms with van der Waals surface area (Å²) in [6.45, 7) is 10.9. The topological polar surface area (TPSA) is 75.3 Å². The van der Waals surface area contributed by atoms with Gasteiger partial charge in [-0.2, -0.15) is 0 Å². The third-order valence-electron chi connectivity index (χ3n) is 5.25. The summed E-state index contributed by atoms with van der Waals surface area (Å²) >= 11 is 0. The second kappa shape index (κ2) is 12.7. The number of carbonyl (C=O) groups is 1. The Kier molecular flexibility index (Phi) is 11.1. The van der Waals surface area contributed by atoms with Crippen LogP contribution in [0.4, 0.5) is 0 Å². The maximum absolute atomic E-state index is 12.4. The zero-order valence-electron chi connectivity index (χ0n) is 18.3. The van der Waals surface area contributed by atoms with Gasteiger partial charge in [-0.25, -0.2) is 0 Å². The second-order valence-electron chi connectivity index (χ2n) is 8.39. The van der Waals surface area contributed by atoms with E-state index in [-0.39, 0.29) is 23.8 Å². The highest BCUT2D eigenvalue weighted by atomic mass is 16.3. The van der Waals surface area contributed by atoms with Crippen molar-refractivity contribution in [1.29, 1.82) is 0 Å². The van der Waals surface area contributed by atoms with Gasteiger partial charge in [0.15, 0.2) is 0 Å². The first-order valence-electron chi connectivity index (χ1n) is 10.7. The number of allylic oxidation sites excluding steroid dienone is 1. The van der Waals surface area contributed by atoms with Gasteiger partial charge in [0.05, 0.1) is 12.0 Å². The van der Waals surface area contributed by atoms with Crippen molar-refractivity contribution in [1.82, 2.24) is 5.32 Å². The van der Waals surface area contributed by atoms with Gasteiger partial charge in [-0.1, -0.05) is 63.6 Å². The maximum atomic E-state index is 12.4. The van der Waals surface area contributed by atoms with Crippen molar-refractivity contribution in [2.24, 2.45) is 17.6 Å². The molecule has 0 spiro atoms. The van der Waals surface area contributed by atoms with Gasteiger partial charge in [-0.05, 0) is 50.2 Å². The number of aliphatic hydroxyl groups excluding tert-OH is 1. The van der Waals surface area contributed by atoms with Crippen LogP contribution in [0.2, 0.25) is 0 Å². The first kappa shape index (κ1) is 24.4. The molecule has 1 rings (SSSR count). The summed E-state index contributed by atoms with van der Waals surface area (Å²) in [7, 11) is 0. The molecule has 0 saturated carbocycles. The minimum absolute atomic E-state index is 0.0580. The first-order chi connectivity index (χ1) is 13.3. The van der Waals surface area contributed by atoms with Gasteiger partial charge in [-0.3, -0.25) is 4.79 Å². The number of amides is 1. The third kappa shape index (κ3) is 8.57. The maximum Gasteiger partial charge on any atom is 0.227 e. The Morgan fingerprint density at radius 3 is 2.36 bits per heavy atom. The lowest BCUT2D eigenvalue weighted by Gasteiger charge is -2.22. The van der Waals surface area contributed by atoms with E-state index in [1.807, 2.05) is 32.9 Å². The SMILES string of the molecule is CC=CC(C)C(O)C(N)CCCCNC(=O)C(C)c1ccc(CC(C)C)cc1. The summed E-state index contributed by atoms with van der Waals surface area (Å²) in [6, 6.07) is 8.15. The normalized spacial score (nSPS) is 16.1. The van der Waals surface area contributed by atoms with E-state index in [4.69, 9.17) is 5.73 Å². The van der Waals surface area contributed by atoms with Gasteiger partial charge < -0.3 is 16.2 Å². The van der Waals surface area contributed by atoms with Crippen LogP contribution in [0.3, 0.4) is 0 Å². The molecule has 0 aliphatic rings. The van der Waals surface area contributed by atoms with Crippen LogP contribution in [-0.2, 0) is 11.2 Å². The van der Waals surface area contributed by atoms with Crippen LogP contribution in [0.1, 0.15) is 70.9 Å². The van der Waals surface area contributed by atoms with Gasteiger partial charge >= 0.3 is 0 Å². The van der Waals surface area contributed by atoms with E-state index >= 15 is 0 Å². The van der Waals surface area contributed by atoms with Gasteiger partial charge in [0.1, 0.15) is 0 Å². The number of unbranched alkanes of at least 4 members (excludes halogenated alkanes) is 1. The zero-order chi connectivity index (χ0) is 21.1. The smallest absolute Gasteiger partial charge is 0.227 e. The number of rotatable bonds is 12. The summed E-state index contributed by atoms with van der Waals surface area (Å²) in [4.78, 5) is 12.4. The fraction of sp³-hybridized carbons (Fsp3) is 0.625. The molecule has 28 heavy (non-hydrogen) atoms. The summed E-state index contributed by atoms with van der Waals surface area (Å²) in [6.07, 6.45) is 6.96. The molecular formula is C24H40N2O2. The van der Waals surface area contributed by atoms with Gasteiger partial charge in [0.25, 0.3) is 0 Å². The van der Waals surface area contributed by atoms with Crippen molar-refractivity contribution in [3.63, 3.8) is 0 Å². The molecule has 0 aliphatic carbocycles. The Hall–Kier alpha value is -1.65. The molecule has 0 fully saturated rings. The monoisotopic (exact) mass is 388 g/mol. The van der Waals surface area contributed by atoms with Crippen LogP contribution in [0.25, 0.3) is 0 Å². The van der Waals surface area contributed by atoms with Crippen LogP contribution < -0.4 is 11.1 Å². The predicted octanol–water partition coefficient (Wildman–Crippen LogP) is 4.18. The largest absolute Gasteiger partial charge is 0.391 e. The fourth-order valence-electron chi connectivity index (χ4n) is 3.41. The van der Waals surface area contributed by atoms with Crippen LogP contribution in [-0.4, -0.2) is 29.7 Å². The van der Waals surface area contributed by atoms with Crippen LogP contribution in [0.5, 0.6) is 0 Å². The highest BCUT2D eigenvalue weighted by Crippen LogP contribution is 2.18. The summed E-state index contributed by atoms with van der Waals surface area (Å²) in [5.74, 6) is 0.598. The summed E-state index contributed by atoms with van der Waals surface area (Å²) in [5.41, 5.74) is 8.45. The number of hydrogen-bond acceptors (Lipinski definition) is 3. The number of carbonyl (C=O) groups excluding carboxylic acids is 1. The molecule has 4 unspecified atom stereocenters. The Morgan fingerprint density at radius 1 is 1.14 bits per heavy atom. The van der Waals surface area contributed by atoms with E-state index in [2.05, 4.69) is 43.4 Å². The number of nitrogens with one attached hydrogen (secondary N) is 1. The van der Waals surface area contributed by atoms with Gasteiger partial charge in [-0.15, -0.1) is 0 Å². The number of hydrogen-bond donors (Lipinski definition) is 3. The predicted molar refractivity (Wildman–Crippen MR) is 118 cm³/mol. The van der Waals surface area contributed by atoms with E-state index < -0.39 is 6.10 Å². The molecule has 0 aliphatic heterocycles. The number of benzene rings is 1.